The number of thiol groups is 1. The van der Waals surface area contributed by atoms with Crippen molar-refractivity contribution >= 4 is 71.7 Å². The third kappa shape index (κ3) is 4.96. The average molecular weight is 705 g/mol. The summed E-state index contributed by atoms with van der Waals surface area (Å²) in [6, 6.07) is 0. The van der Waals surface area contributed by atoms with Gasteiger partial charge in [-0.2, -0.15) is 14.3 Å². The van der Waals surface area contributed by atoms with E-state index in [9.17, 15) is 14.3 Å². The van der Waals surface area contributed by atoms with Crippen LogP contribution in [0, 0.1) is 0 Å². The molecule has 8 heterocycles. The van der Waals surface area contributed by atoms with Crippen molar-refractivity contribution in [1.82, 2.24) is 49.9 Å². The van der Waals surface area contributed by atoms with Crippen LogP contribution in [0.2, 0.25) is 0 Å². The number of nitrogen functional groups attached to an aromatic ring is 2. The van der Waals surface area contributed by atoms with E-state index >= 15 is 0 Å². The maximum Gasteiger partial charge on any atom is 0.386 e. The van der Waals surface area contributed by atoms with Crippen molar-refractivity contribution in [3.05, 3.63) is 16.7 Å². The minimum absolute atomic E-state index is 0.0167. The van der Waals surface area contributed by atoms with Crippen molar-refractivity contribution in [2.75, 3.05) is 31.3 Å². The number of ether oxygens (including phenoxy) is 3. The molecule has 240 valence electrons. The molecule has 4 aromatic heterocycles. The predicted octanol–water partition coefficient (Wildman–Crippen LogP) is -1.06. The molecule has 0 aromatic carbocycles. The molecule has 45 heavy (non-hydrogen) atoms. The van der Waals surface area contributed by atoms with E-state index < -0.39 is 68.2 Å². The lowest BCUT2D eigenvalue weighted by Gasteiger charge is -2.32. The Morgan fingerprint density at radius 2 is 1.87 bits per heavy atom. The van der Waals surface area contributed by atoms with Gasteiger partial charge in [-0.25, -0.2) is 14.5 Å². The zero-order valence-electron chi connectivity index (χ0n) is 22.4. The second-order valence-electron chi connectivity index (χ2n) is 10.5. The largest absolute Gasteiger partial charge is 0.386 e. The van der Waals surface area contributed by atoms with Gasteiger partial charge in [0.2, 0.25) is 5.95 Å². The number of H-pyrrole nitrogens is 1. The molecule has 9 atom stereocenters. The minimum atomic E-state index is -4.20. The van der Waals surface area contributed by atoms with Gasteiger partial charge in [0, 0.05) is 6.42 Å². The molecule has 8 rings (SSSR count). The highest BCUT2D eigenvalue weighted by atomic mass is 32.7. The van der Waals surface area contributed by atoms with Gasteiger partial charge in [-0.05, 0) is 11.8 Å². The number of hydrogen-bond donors (Lipinski definition) is 5. The van der Waals surface area contributed by atoms with Crippen molar-refractivity contribution < 1.29 is 41.8 Å². The second-order valence-corrected chi connectivity index (χ2v) is 16.2. The van der Waals surface area contributed by atoms with Gasteiger partial charge < -0.3 is 35.1 Å². The summed E-state index contributed by atoms with van der Waals surface area (Å²) < 4.78 is 57.9. The number of nitrogens with zero attached hydrogens (tertiary/aromatic N) is 9. The highest BCUT2D eigenvalue weighted by molar-refractivity contribution is 8.44. The smallest absolute Gasteiger partial charge is 0.382 e. The molecule has 6 N–H and O–H groups in total. The molecule has 4 aromatic rings. The maximum atomic E-state index is 13.7. The minimum Gasteiger partial charge on any atom is -0.382 e. The summed E-state index contributed by atoms with van der Waals surface area (Å²) in [5.74, 6) is -0.0893. The molecule has 0 spiro atoms. The number of hydrogen-bond acceptors (Lipinski definition) is 19. The van der Waals surface area contributed by atoms with Gasteiger partial charge >= 0.3 is 13.5 Å². The standard InChI is InChI=1S/C19H22N12O10P2S2/c20-12-8-13(23-5-22-12)30(28-26-8)17-10-11-19(39-17,3-35-10)4-37-43(34,45)40-7-1-6(2-36-42(33,44)41-11)38-16(7)31-14-9(27-29-31)15(32)25-18(21)24-14/h5-7,10-11,16-17H,1-4H2,(H,33,44)(H,34,45)(H2,20,22,23)(H3,21,24,25,32)/t6-,7+,10+,11-,16+,17+,19+,42?,43?/m0/s1. The van der Waals surface area contributed by atoms with Gasteiger partial charge in [-0.1, -0.05) is 22.7 Å². The second kappa shape index (κ2) is 10.4. The molecular weight excluding hydrogens is 682 g/mol. The predicted molar refractivity (Wildman–Crippen MR) is 154 cm³/mol. The van der Waals surface area contributed by atoms with Crippen LogP contribution in [-0.2, 0) is 48.7 Å². The van der Waals surface area contributed by atoms with Crippen LogP contribution < -0.4 is 17.0 Å². The first-order chi connectivity index (χ1) is 21.4. The Bertz CT molecular complexity index is 2000. The Morgan fingerprint density at radius 1 is 1.09 bits per heavy atom. The molecule has 0 saturated carbocycles. The van der Waals surface area contributed by atoms with Crippen LogP contribution in [0.3, 0.4) is 0 Å². The maximum absolute atomic E-state index is 13.7. The van der Waals surface area contributed by atoms with E-state index in [0.29, 0.717) is 0 Å². The lowest BCUT2D eigenvalue weighted by molar-refractivity contribution is -0.186. The van der Waals surface area contributed by atoms with Gasteiger partial charge in [-0.3, -0.25) is 23.3 Å². The molecule has 4 aliphatic heterocycles. The molecule has 0 aliphatic carbocycles. The van der Waals surface area contributed by atoms with E-state index in [-0.39, 0.29) is 53.7 Å². The summed E-state index contributed by atoms with van der Waals surface area (Å²) in [4.78, 5) is 38.0. The number of anilines is 2. The van der Waals surface area contributed by atoms with Gasteiger partial charge in [0.1, 0.15) is 30.2 Å². The molecule has 0 radical (unpaired) electrons. The third-order valence-electron chi connectivity index (χ3n) is 7.65. The molecule has 2 unspecified atom stereocenters. The fourth-order valence-electron chi connectivity index (χ4n) is 5.71. The molecule has 26 heteroatoms. The van der Waals surface area contributed by atoms with Gasteiger partial charge in [-0.15, -0.1) is 10.2 Å². The van der Waals surface area contributed by atoms with Crippen molar-refractivity contribution in [3.8, 4) is 0 Å². The van der Waals surface area contributed by atoms with Crippen molar-refractivity contribution in [3.63, 3.8) is 0 Å². The highest BCUT2D eigenvalue weighted by Crippen LogP contribution is 2.61. The zero-order chi connectivity index (χ0) is 31.3. The Labute approximate surface area is 259 Å². The zero-order valence-corrected chi connectivity index (χ0v) is 25.9. The highest BCUT2D eigenvalue weighted by Gasteiger charge is 2.65. The van der Waals surface area contributed by atoms with E-state index in [1.807, 2.05) is 0 Å². The quantitative estimate of drug-likeness (QED) is 0.123. The number of aromatic nitrogens is 10. The molecule has 22 nitrogen and oxygen atoms in total. The third-order valence-corrected chi connectivity index (χ3v) is 10.8. The summed E-state index contributed by atoms with van der Waals surface area (Å²) in [5.41, 5.74) is 9.86. The first-order valence-electron chi connectivity index (χ1n) is 13.1. The summed E-state index contributed by atoms with van der Waals surface area (Å²) in [7, 11) is 0. The van der Waals surface area contributed by atoms with Gasteiger partial charge in [0.25, 0.3) is 5.56 Å². The van der Waals surface area contributed by atoms with Crippen LogP contribution in [0.4, 0.5) is 11.8 Å². The van der Waals surface area contributed by atoms with E-state index in [4.69, 9.17) is 55.6 Å². The Morgan fingerprint density at radius 3 is 2.69 bits per heavy atom. The number of fused-ring (bicyclic) bond motifs is 4. The van der Waals surface area contributed by atoms with Crippen LogP contribution in [-0.4, -0.2) is 105 Å². The van der Waals surface area contributed by atoms with E-state index in [2.05, 4.69) is 52.8 Å². The summed E-state index contributed by atoms with van der Waals surface area (Å²) in [6.07, 6.45) is -4.72. The Balaban J connectivity index is 1.12. The van der Waals surface area contributed by atoms with Gasteiger partial charge in [0.15, 0.2) is 40.6 Å². The fourth-order valence-corrected chi connectivity index (χ4v) is 8.69. The van der Waals surface area contributed by atoms with E-state index in [1.165, 1.54) is 11.0 Å². The first kappa shape index (κ1) is 29.7. The van der Waals surface area contributed by atoms with Crippen LogP contribution >= 0.6 is 25.8 Å². The lowest BCUT2D eigenvalue weighted by Crippen LogP contribution is -2.45. The van der Waals surface area contributed by atoms with Crippen LogP contribution in [0.5, 0.6) is 0 Å². The number of nitrogens with two attached hydrogens (primary N) is 2. The van der Waals surface area contributed by atoms with Crippen LogP contribution in [0.25, 0.3) is 22.3 Å². The number of rotatable bonds is 2. The van der Waals surface area contributed by atoms with Crippen LogP contribution in [0.1, 0.15) is 18.9 Å². The Kier molecular flexibility index (Phi) is 6.85. The van der Waals surface area contributed by atoms with E-state index in [0.717, 1.165) is 4.68 Å². The number of aromatic amines is 1. The van der Waals surface area contributed by atoms with Crippen molar-refractivity contribution in [1.29, 1.82) is 0 Å². The molecule has 4 saturated heterocycles. The topological polar surface area (TPSA) is 287 Å². The van der Waals surface area contributed by atoms with E-state index in [1.54, 1.807) is 0 Å². The average Bonchev–Trinajstić information content (AvgIpc) is 3.79. The monoisotopic (exact) mass is 704 g/mol. The lowest BCUT2D eigenvalue weighted by atomic mass is 10.0. The molecule has 4 bridgehead atoms. The van der Waals surface area contributed by atoms with Crippen molar-refractivity contribution in [2.45, 2.75) is 48.9 Å². The summed E-state index contributed by atoms with van der Waals surface area (Å²) >= 11 is 9.57. The SMILES string of the molecule is Nc1nc2c(nnn2[C@@H]2O[C@@H]3COP(O)(=S)O[C@H]4[C@H]5OC[C@]4(COP(=O)(S)O[C@@H]2C3)O[C@H]5n2nnc3c(N)ncnc32)c(=O)[nH]1. The molecule has 4 aliphatic rings. The summed E-state index contributed by atoms with van der Waals surface area (Å²) in [5, 5.41) is 16.0. The first-order valence-corrected chi connectivity index (χ1v) is 18.4. The molecule has 4 fully saturated rings. The molecule has 0 amide bonds. The van der Waals surface area contributed by atoms with Crippen molar-refractivity contribution in [2.24, 2.45) is 0 Å². The van der Waals surface area contributed by atoms with Crippen LogP contribution in [0.15, 0.2) is 11.1 Å². The number of nitrogens with one attached hydrogen (secondary N) is 1. The Hall–Kier alpha value is -2.73. The molecular formula is C19H22N12O10P2S2. The summed E-state index contributed by atoms with van der Waals surface area (Å²) in [6.45, 7) is -9.06. The fraction of sp³-hybridized carbons (Fsp3) is 0.579. The van der Waals surface area contributed by atoms with Gasteiger partial charge in [0.05, 0.1) is 25.9 Å². The normalized spacial score (nSPS) is 38.6.